The van der Waals surface area contributed by atoms with E-state index in [-0.39, 0.29) is 11.8 Å². The zero-order chi connectivity index (χ0) is 7.98. The topological polar surface area (TPSA) is 47.9 Å². The maximum atomic E-state index is 10.6. The number of ether oxygens (including phenoxy) is 1. The molecule has 0 aromatic carbocycles. The molecule has 0 heterocycles. The van der Waals surface area contributed by atoms with Gasteiger partial charge < -0.3 is 9.57 Å². The first kappa shape index (κ1) is 9.23. The van der Waals surface area contributed by atoms with Crippen LogP contribution in [0.5, 0.6) is 0 Å². The fourth-order valence-corrected chi connectivity index (χ4v) is 0.432. The van der Waals surface area contributed by atoms with Gasteiger partial charge in [-0.1, -0.05) is 16.8 Å². The zero-order valence-electron chi connectivity index (χ0n) is 5.76. The minimum atomic E-state index is -0.675. The number of oxime groups is 1. The van der Waals surface area contributed by atoms with Gasteiger partial charge >= 0.3 is 5.97 Å². The first-order valence-electron chi connectivity index (χ1n) is 2.66. The summed E-state index contributed by atoms with van der Waals surface area (Å²) in [7, 11) is 1.29. The molecule has 0 N–H and O–H groups in total. The van der Waals surface area contributed by atoms with Crippen molar-refractivity contribution in [3.8, 4) is 0 Å². The summed E-state index contributed by atoms with van der Waals surface area (Å²) in [6.07, 6.45) is 0. The van der Waals surface area contributed by atoms with Crippen molar-refractivity contribution in [2.24, 2.45) is 5.16 Å². The summed E-state index contributed by atoms with van der Waals surface area (Å²) in [6, 6.07) is 0. The highest BCUT2D eigenvalue weighted by Gasteiger charge is 2.08. The largest absolute Gasteiger partial charge is 0.461 e. The Labute approximate surface area is 63.7 Å². The van der Waals surface area contributed by atoms with E-state index in [0.29, 0.717) is 0 Å². The van der Waals surface area contributed by atoms with E-state index in [4.69, 9.17) is 11.6 Å². The Morgan fingerprint density at radius 3 is 2.70 bits per heavy atom. The summed E-state index contributed by atoms with van der Waals surface area (Å²) in [5, 5.41) is 2.85. The Morgan fingerprint density at radius 1 is 1.70 bits per heavy atom. The highest BCUT2D eigenvalue weighted by atomic mass is 35.5. The van der Waals surface area contributed by atoms with E-state index in [0.717, 1.165) is 0 Å². The van der Waals surface area contributed by atoms with Gasteiger partial charge in [0.1, 0.15) is 7.11 Å². The quantitative estimate of drug-likeness (QED) is 0.352. The molecule has 0 aliphatic heterocycles. The number of carbonyl (C=O) groups excluding carboxylic acids is 1. The van der Waals surface area contributed by atoms with Crippen molar-refractivity contribution >= 4 is 22.7 Å². The molecule has 0 aromatic rings. The number of nitrogens with zero attached hydrogens (tertiary/aromatic N) is 1. The third kappa shape index (κ3) is 3.29. The summed E-state index contributed by atoms with van der Waals surface area (Å²) in [4.78, 5) is 14.8. The molecule has 0 rings (SSSR count). The molecule has 0 aromatic heterocycles. The van der Waals surface area contributed by atoms with Crippen molar-refractivity contribution in [2.45, 2.75) is 6.92 Å². The third-order valence-electron chi connectivity index (χ3n) is 0.615. The summed E-state index contributed by atoms with van der Waals surface area (Å²) in [6.45, 7) is 1.95. The van der Waals surface area contributed by atoms with Gasteiger partial charge in [-0.2, -0.15) is 0 Å². The van der Waals surface area contributed by atoms with Crippen LogP contribution in [0.4, 0.5) is 0 Å². The van der Waals surface area contributed by atoms with Gasteiger partial charge in [-0.25, -0.2) is 4.79 Å². The van der Waals surface area contributed by atoms with Gasteiger partial charge in [0, 0.05) is 0 Å². The van der Waals surface area contributed by atoms with E-state index in [9.17, 15) is 4.79 Å². The normalized spacial score (nSPS) is 10.9. The van der Waals surface area contributed by atoms with Crippen molar-refractivity contribution in [2.75, 3.05) is 13.7 Å². The zero-order valence-corrected chi connectivity index (χ0v) is 6.51. The molecule has 0 atom stereocenters. The van der Waals surface area contributed by atoms with Crippen molar-refractivity contribution in [1.82, 2.24) is 0 Å². The molecule has 4 nitrogen and oxygen atoms in total. The molecule has 0 saturated heterocycles. The molecule has 0 spiro atoms. The summed E-state index contributed by atoms with van der Waals surface area (Å²) in [5.74, 6) is -0.675. The lowest BCUT2D eigenvalue weighted by molar-refractivity contribution is -0.134. The minimum absolute atomic E-state index is 0.272. The Bertz CT molecular complexity index is 146. The Hall–Kier alpha value is -0.770. The summed E-state index contributed by atoms with van der Waals surface area (Å²) >= 11 is 5.26. The first-order valence-corrected chi connectivity index (χ1v) is 3.04. The standard InChI is InChI=1S/C5H8ClNO3/c1-3-10-5(8)4(6)7-9-2/h3H2,1-2H3. The van der Waals surface area contributed by atoms with Crippen LogP contribution in [0, 0.1) is 0 Å². The van der Waals surface area contributed by atoms with Crippen LogP contribution in [0.2, 0.25) is 0 Å². The average molecular weight is 166 g/mol. The van der Waals surface area contributed by atoms with Crippen molar-refractivity contribution in [3.05, 3.63) is 0 Å². The fraction of sp³-hybridized carbons (Fsp3) is 0.600. The molecular weight excluding hydrogens is 158 g/mol. The van der Waals surface area contributed by atoms with Gasteiger partial charge in [0.15, 0.2) is 0 Å². The monoisotopic (exact) mass is 165 g/mol. The fourth-order valence-electron chi connectivity index (χ4n) is 0.308. The molecule has 10 heavy (non-hydrogen) atoms. The number of esters is 1. The number of halogens is 1. The van der Waals surface area contributed by atoms with Gasteiger partial charge in [0.25, 0.3) is 5.17 Å². The van der Waals surface area contributed by atoms with Crippen LogP contribution in [0.3, 0.4) is 0 Å². The average Bonchev–Trinajstić information content (AvgIpc) is 1.89. The van der Waals surface area contributed by atoms with Crippen LogP contribution in [-0.2, 0) is 14.4 Å². The predicted octanol–water partition coefficient (Wildman–Crippen LogP) is 0.748. The number of rotatable bonds is 3. The lowest BCUT2D eigenvalue weighted by Crippen LogP contribution is -2.11. The number of hydrogen-bond donors (Lipinski definition) is 0. The molecular formula is C5H8ClNO3. The maximum Gasteiger partial charge on any atom is 0.372 e. The first-order chi connectivity index (χ1) is 4.72. The van der Waals surface area contributed by atoms with Crippen LogP contribution in [0.15, 0.2) is 5.16 Å². The minimum Gasteiger partial charge on any atom is -0.461 e. The number of carbonyl (C=O) groups is 1. The van der Waals surface area contributed by atoms with E-state index < -0.39 is 5.97 Å². The Morgan fingerprint density at radius 2 is 2.30 bits per heavy atom. The lowest BCUT2D eigenvalue weighted by atomic mass is 10.7. The van der Waals surface area contributed by atoms with Crippen LogP contribution >= 0.6 is 11.6 Å². The second-order valence-electron chi connectivity index (χ2n) is 1.29. The molecule has 5 heteroatoms. The SMILES string of the molecule is CCOC(=O)C(Cl)=NOC. The lowest BCUT2D eigenvalue weighted by Gasteiger charge is -1.96. The van der Waals surface area contributed by atoms with Crippen molar-refractivity contribution in [3.63, 3.8) is 0 Å². The van der Waals surface area contributed by atoms with E-state index >= 15 is 0 Å². The molecule has 0 aliphatic carbocycles. The van der Waals surface area contributed by atoms with Crippen molar-refractivity contribution in [1.29, 1.82) is 0 Å². The molecule has 0 fully saturated rings. The highest BCUT2D eigenvalue weighted by molar-refractivity contribution is 6.81. The molecule has 0 saturated carbocycles. The molecule has 0 amide bonds. The molecule has 58 valence electrons. The molecule has 0 radical (unpaired) electrons. The van der Waals surface area contributed by atoms with Crippen LogP contribution in [0.25, 0.3) is 0 Å². The van der Waals surface area contributed by atoms with Gasteiger partial charge in [-0.05, 0) is 6.92 Å². The van der Waals surface area contributed by atoms with E-state index in [1.807, 2.05) is 0 Å². The number of hydrogen-bond acceptors (Lipinski definition) is 4. The van der Waals surface area contributed by atoms with Gasteiger partial charge in [-0.3, -0.25) is 0 Å². The maximum absolute atomic E-state index is 10.6. The van der Waals surface area contributed by atoms with E-state index in [1.54, 1.807) is 6.92 Å². The third-order valence-corrected chi connectivity index (χ3v) is 0.839. The van der Waals surface area contributed by atoms with E-state index in [2.05, 4.69) is 14.7 Å². The molecule has 0 bridgehead atoms. The highest BCUT2D eigenvalue weighted by Crippen LogP contribution is 1.90. The Kier molecular flexibility index (Phi) is 4.66. The van der Waals surface area contributed by atoms with Crippen LogP contribution in [-0.4, -0.2) is 24.9 Å². The summed E-state index contributed by atoms with van der Waals surface area (Å²) in [5.41, 5.74) is 0. The van der Waals surface area contributed by atoms with Crippen LogP contribution in [0.1, 0.15) is 6.92 Å². The van der Waals surface area contributed by atoms with Gasteiger partial charge in [0.2, 0.25) is 0 Å². The smallest absolute Gasteiger partial charge is 0.372 e. The van der Waals surface area contributed by atoms with Gasteiger partial charge in [0.05, 0.1) is 6.61 Å². The van der Waals surface area contributed by atoms with Crippen molar-refractivity contribution < 1.29 is 14.4 Å². The second-order valence-corrected chi connectivity index (χ2v) is 1.64. The van der Waals surface area contributed by atoms with E-state index in [1.165, 1.54) is 7.11 Å². The molecule has 0 aliphatic rings. The second kappa shape index (κ2) is 5.05. The summed E-state index contributed by atoms with van der Waals surface area (Å²) < 4.78 is 4.47. The molecule has 0 unspecified atom stereocenters. The van der Waals surface area contributed by atoms with Crippen LogP contribution < -0.4 is 0 Å². The van der Waals surface area contributed by atoms with Gasteiger partial charge in [-0.15, -0.1) is 0 Å². The Balaban J connectivity index is 3.82. The predicted molar refractivity (Wildman–Crippen MR) is 36.9 cm³/mol.